The fraction of sp³-hybridized carbons (Fsp3) is 0.0769. The van der Waals surface area contributed by atoms with Crippen LogP contribution in [0, 0.1) is 6.57 Å². The van der Waals surface area contributed by atoms with Crippen LogP contribution in [-0.2, 0) is 5.41 Å². The molecule has 0 saturated heterocycles. The Hall–Kier alpha value is -5.66. The van der Waals surface area contributed by atoms with Crippen LogP contribution < -0.4 is 4.90 Å². The molecule has 0 N–H and O–H groups in total. The normalized spacial score (nSPS) is 13.5. The molecular weight excluding hydrogens is 524 g/mol. The van der Waals surface area contributed by atoms with Gasteiger partial charge >= 0.3 is 0 Å². The van der Waals surface area contributed by atoms with Gasteiger partial charge in [0, 0.05) is 34.3 Å². The molecule has 204 valence electrons. The first-order valence-electron chi connectivity index (χ1n) is 14.5. The van der Waals surface area contributed by atoms with E-state index in [-0.39, 0.29) is 5.41 Å². The summed E-state index contributed by atoms with van der Waals surface area (Å²) in [7, 11) is 0. The standard InChI is InChI=1S/C39H28N4/c1-39(2)31-14-6-10-18-37(31)43(38-19-11-7-15-32(38)39)34-17-9-5-13-28(34)27-12-4-8-16-33(27)42-35-21-20-26(40-3)24-29(35)30-25-41-23-22-36(30)42/h4-25H,1-2H3. The van der Waals surface area contributed by atoms with Crippen molar-refractivity contribution in [2.75, 3.05) is 4.90 Å². The van der Waals surface area contributed by atoms with E-state index in [1.165, 1.54) is 22.5 Å². The number of rotatable bonds is 3. The molecular formula is C39H28N4. The quantitative estimate of drug-likeness (QED) is 0.204. The summed E-state index contributed by atoms with van der Waals surface area (Å²) in [5.74, 6) is 0. The zero-order chi connectivity index (χ0) is 29.1. The minimum Gasteiger partial charge on any atom is -0.309 e. The molecule has 0 fully saturated rings. The topological polar surface area (TPSA) is 25.4 Å². The Kier molecular flexibility index (Phi) is 5.51. The highest BCUT2D eigenvalue weighted by atomic mass is 15.2. The summed E-state index contributed by atoms with van der Waals surface area (Å²) in [5, 5.41) is 2.06. The van der Waals surface area contributed by atoms with Crippen LogP contribution in [0.2, 0.25) is 0 Å². The van der Waals surface area contributed by atoms with Crippen molar-refractivity contribution in [3.05, 3.63) is 156 Å². The van der Waals surface area contributed by atoms with Crippen molar-refractivity contribution in [2.45, 2.75) is 19.3 Å². The number of nitrogens with zero attached hydrogens (tertiary/aromatic N) is 4. The Bertz CT molecular complexity index is 2200. The van der Waals surface area contributed by atoms with Crippen LogP contribution in [0.3, 0.4) is 0 Å². The van der Waals surface area contributed by atoms with Crippen LogP contribution in [0.1, 0.15) is 25.0 Å². The number of benzene rings is 5. The van der Waals surface area contributed by atoms with E-state index in [1.807, 2.05) is 24.5 Å². The third-order valence-electron chi connectivity index (χ3n) is 8.90. The molecule has 0 bridgehead atoms. The molecule has 0 saturated carbocycles. The van der Waals surface area contributed by atoms with E-state index < -0.39 is 0 Å². The lowest BCUT2D eigenvalue weighted by atomic mass is 9.73. The molecule has 1 aliphatic heterocycles. The molecule has 0 radical (unpaired) electrons. The molecule has 5 aromatic carbocycles. The highest BCUT2D eigenvalue weighted by molar-refractivity contribution is 6.10. The number of hydrogen-bond acceptors (Lipinski definition) is 2. The Morgan fingerprint density at radius 3 is 1.84 bits per heavy atom. The third-order valence-corrected chi connectivity index (χ3v) is 8.90. The fourth-order valence-corrected chi connectivity index (χ4v) is 6.90. The minimum atomic E-state index is -0.127. The van der Waals surface area contributed by atoms with E-state index in [9.17, 15) is 0 Å². The molecule has 7 aromatic rings. The second-order valence-corrected chi connectivity index (χ2v) is 11.6. The summed E-state index contributed by atoms with van der Waals surface area (Å²) < 4.78 is 2.31. The van der Waals surface area contributed by atoms with E-state index in [4.69, 9.17) is 6.57 Å². The molecule has 0 aliphatic carbocycles. The highest BCUT2D eigenvalue weighted by Crippen LogP contribution is 2.53. The molecule has 0 amide bonds. The number of hydrogen-bond donors (Lipinski definition) is 0. The fourth-order valence-electron chi connectivity index (χ4n) is 6.90. The summed E-state index contributed by atoms with van der Waals surface area (Å²) in [6.45, 7) is 12.2. The maximum absolute atomic E-state index is 7.59. The lowest BCUT2D eigenvalue weighted by molar-refractivity contribution is 0.632. The van der Waals surface area contributed by atoms with Gasteiger partial charge in [0.2, 0.25) is 0 Å². The zero-order valence-corrected chi connectivity index (χ0v) is 24.0. The Labute approximate surface area is 250 Å². The largest absolute Gasteiger partial charge is 0.309 e. The van der Waals surface area contributed by atoms with Crippen LogP contribution >= 0.6 is 0 Å². The third kappa shape index (κ3) is 3.65. The summed E-state index contributed by atoms with van der Waals surface area (Å²) in [6, 6.07) is 42.9. The van der Waals surface area contributed by atoms with Gasteiger partial charge in [-0.2, -0.15) is 0 Å². The van der Waals surface area contributed by atoms with Gasteiger partial charge in [-0.1, -0.05) is 92.7 Å². The molecule has 4 heteroatoms. The monoisotopic (exact) mass is 552 g/mol. The number of anilines is 3. The van der Waals surface area contributed by atoms with Gasteiger partial charge in [0.1, 0.15) is 0 Å². The van der Waals surface area contributed by atoms with Crippen molar-refractivity contribution in [1.29, 1.82) is 0 Å². The van der Waals surface area contributed by atoms with Crippen LogP contribution in [-0.4, -0.2) is 9.55 Å². The van der Waals surface area contributed by atoms with Crippen molar-refractivity contribution in [3.8, 4) is 16.8 Å². The van der Waals surface area contributed by atoms with Crippen LogP contribution in [0.5, 0.6) is 0 Å². The van der Waals surface area contributed by atoms with Crippen LogP contribution in [0.15, 0.2) is 134 Å². The first-order chi connectivity index (χ1) is 21.1. The van der Waals surface area contributed by atoms with E-state index in [0.29, 0.717) is 5.69 Å². The minimum absolute atomic E-state index is 0.127. The molecule has 1 aliphatic rings. The zero-order valence-electron chi connectivity index (χ0n) is 24.0. The molecule has 0 unspecified atom stereocenters. The average molecular weight is 553 g/mol. The van der Waals surface area contributed by atoms with Crippen LogP contribution in [0.25, 0.3) is 43.5 Å². The van der Waals surface area contributed by atoms with Gasteiger partial charge in [-0.25, -0.2) is 4.85 Å². The van der Waals surface area contributed by atoms with E-state index in [0.717, 1.165) is 44.3 Å². The van der Waals surface area contributed by atoms with Gasteiger partial charge in [0.25, 0.3) is 0 Å². The second kappa shape index (κ2) is 9.44. The molecule has 0 atom stereocenters. The Balaban J connectivity index is 1.41. The van der Waals surface area contributed by atoms with Crippen molar-refractivity contribution in [1.82, 2.24) is 9.55 Å². The van der Waals surface area contributed by atoms with Gasteiger partial charge < -0.3 is 9.47 Å². The lowest BCUT2D eigenvalue weighted by Gasteiger charge is -2.42. The first kappa shape index (κ1) is 25.1. The summed E-state index contributed by atoms with van der Waals surface area (Å²) in [4.78, 5) is 10.6. The maximum Gasteiger partial charge on any atom is 0.188 e. The predicted molar refractivity (Wildman–Crippen MR) is 177 cm³/mol. The van der Waals surface area contributed by atoms with Crippen molar-refractivity contribution < 1.29 is 0 Å². The average Bonchev–Trinajstić information content (AvgIpc) is 3.39. The van der Waals surface area contributed by atoms with Gasteiger partial charge in [-0.05, 0) is 59.0 Å². The summed E-state index contributed by atoms with van der Waals surface area (Å²) >= 11 is 0. The molecule has 4 nitrogen and oxygen atoms in total. The van der Waals surface area contributed by atoms with Crippen molar-refractivity contribution in [3.63, 3.8) is 0 Å². The van der Waals surface area contributed by atoms with E-state index in [1.54, 1.807) is 0 Å². The molecule has 2 aromatic heterocycles. The molecule has 3 heterocycles. The number of aromatic nitrogens is 2. The van der Waals surface area contributed by atoms with Crippen molar-refractivity contribution >= 4 is 44.6 Å². The van der Waals surface area contributed by atoms with E-state index >= 15 is 0 Å². The smallest absolute Gasteiger partial charge is 0.188 e. The van der Waals surface area contributed by atoms with Gasteiger partial charge in [-0.3, -0.25) is 4.98 Å². The van der Waals surface area contributed by atoms with Gasteiger partial charge in [0.15, 0.2) is 5.69 Å². The number of pyridine rings is 1. The number of fused-ring (bicyclic) bond motifs is 5. The number of para-hydroxylation sites is 4. The molecule has 43 heavy (non-hydrogen) atoms. The van der Waals surface area contributed by atoms with Gasteiger partial charge in [0.05, 0.1) is 40.4 Å². The predicted octanol–water partition coefficient (Wildman–Crippen LogP) is 10.5. The molecule has 0 spiro atoms. The van der Waals surface area contributed by atoms with Crippen LogP contribution in [0.4, 0.5) is 22.7 Å². The summed E-state index contributed by atoms with van der Waals surface area (Å²) in [5.41, 5.74) is 12.1. The highest BCUT2D eigenvalue weighted by Gasteiger charge is 2.37. The maximum atomic E-state index is 7.59. The second-order valence-electron chi connectivity index (χ2n) is 11.6. The molecule has 8 rings (SSSR count). The van der Waals surface area contributed by atoms with Crippen molar-refractivity contribution in [2.24, 2.45) is 0 Å². The van der Waals surface area contributed by atoms with Gasteiger partial charge in [-0.15, -0.1) is 0 Å². The lowest BCUT2D eigenvalue weighted by Crippen LogP contribution is -2.30. The first-order valence-corrected chi connectivity index (χ1v) is 14.5. The SMILES string of the molecule is [C-]#[N+]c1ccc2c(c1)c1cnccc1n2-c1ccccc1-c1ccccc1N1c2ccccc2C(C)(C)c2ccccc21. The Morgan fingerprint density at radius 2 is 1.16 bits per heavy atom. The van der Waals surface area contributed by atoms with E-state index in [2.05, 4.69) is 142 Å². The summed E-state index contributed by atoms with van der Waals surface area (Å²) in [6.07, 6.45) is 3.75. The Morgan fingerprint density at radius 1 is 0.605 bits per heavy atom.